The number of halogens is 2. The molecule has 1 heterocycles. The molecule has 9 heteroatoms. The minimum atomic E-state index is -0.569. The van der Waals surface area contributed by atoms with Crippen molar-refractivity contribution in [3.05, 3.63) is 88.2 Å². The number of ether oxygens (including phenoxy) is 2. The molecule has 0 aliphatic carbocycles. The molecule has 0 saturated heterocycles. The van der Waals surface area contributed by atoms with Gasteiger partial charge in [-0.1, -0.05) is 23.4 Å². The first-order valence-electron chi connectivity index (χ1n) is 9.72. The molecule has 0 aromatic heterocycles. The zero-order chi connectivity index (χ0) is 23.5. The highest BCUT2D eigenvalue weighted by atomic mass is 35.5. The Hall–Kier alpha value is -3.49. The number of carbonyl (C=O) groups is 2. The lowest BCUT2D eigenvalue weighted by molar-refractivity contribution is -0.120. The first-order chi connectivity index (χ1) is 15.9. The summed E-state index contributed by atoms with van der Waals surface area (Å²) >= 11 is 7.10. The minimum absolute atomic E-state index is 0.0766. The summed E-state index contributed by atoms with van der Waals surface area (Å²) in [4.78, 5) is 28.6. The van der Waals surface area contributed by atoms with E-state index in [4.69, 9.17) is 21.1 Å². The van der Waals surface area contributed by atoms with Gasteiger partial charge >= 0.3 is 0 Å². The topological polar surface area (TPSA) is 67.9 Å². The number of hydrogen-bond donors (Lipinski definition) is 1. The molecule has 2 amide bonds. The van der Waals surface area contributed by atoms with Crippen LogP contribution in [0, 0.1) is 5.82 Å². The number of rotatable bonds is 7. The predicted octanol–water partition coefficient (Wildman–Crippen LogP) is 5.49. The molecule has 3 aromatic rings. The van der Waals surface area contributed by atoms with Crippen LogP contribution in [0.25, 0.3) is 0 Å². The molecule has 3 aromatic carbocycles. The Balaban J connectivity index is 1.76. The van der Waals surface area contributed by atoms with Crippen molar-refractivity contribution < 1.29 is 23.5 Å². The molecule has 0 spiro atoms. The highest BCUT2D eigenvalue weighted by Gasteiger charge is 2.40. The van der Waals surface area contributed by atoms with Crippen LogP contribution >= 0.6 is 23.4 Å². The van der Waals surface area contributed by atoms with Gasteiger partial charge in [0, 0.05) is 16.0 Å². The van der Waals surface area contributed by atoms with Gasteiger partial charge in [-0.15, -0.1) is 0 Å². The number of benzene rings is 3. The third-order valence-corrected chi connectivity index (χ3v) is 6.17. The van der Waals surface area contributed by atoms with E-state index in [2.05, 4.69) is 5.32 Å². The highest BCUT2D eigenvalue weighted by molar-refractivity contribution is 8.04. The van der Waals surface area contributed by atoms with E-state index in [0.29, 0.717) is 22.2 Å². The van der Waals surface area contributed by atoms with Crippen LogP contribution in [-0.2, 0) is 9.59 Å². The van der Waals surface area contributed by atoms with Crippen molar-refractivity contribution in [2.75, 3.05) is 24.4 Å². The molecule has 33 heavy (non-hydrogen) atoms. The van der Waals surface area contributed by atoms with Gasteiger partial charge < -0.3 is 14.8 Å². The Morgan fingerprint density at radius 1 is 0.909 bits per heavy atom. The summed E-state index contributed by atoms with van der Waals surface area (Å²) in [6.07, 6.45) is 0. The predicted molar refractivity (Wildman–Crippen MR) is 126 cm³/mol. The number of imide groups is 1. The number of nitrogens with zero attached hydrogens (tertiary/aromatic N) is 1. The van der Waals surface area contributed by atoms with Crippen LogP contribution in [-0.4, -0.2) is 26.0 Å². The van der Waals surface area contributed by atoms with E-state index in [1.54, 1.807) is 42.5 Å². The molecule has 0 bridgehead atoms. The smallest absolute Gasteiger partial charge is 0.283 e. The summed E-state index contributed by atoms with van der Waals surface area (Å²) in [5.74, 6) is -0.563. The largest absolute Gasteiger partial charge is 0.497 e. The number of methoxy groups -OCH3 is 2. The molecule has 0 fully saturated rings. The number of hydrogen-bond acceptors (Lipinski definition) is 6. The number of carbonyl (C=O) groups excluding carboxylic acids is 2. The Morgan fingerprint density at radius 2 is 1.61 bits per heavy atom. The van der Waals surface area contributed by atoms with E-state index >= 15 is 0 Å². The normalized spacial score (nSPS) is 13.5. The molecule has 0 unspecified atom stereocenters. The maximum absolute atomic E-state index is 13.4. The SMILES string of the molecule is COc1ccc(NC2=C(Sc3ccc(Cl)cc3)C(=O)N(c3ccc(F)cc3)C2=O)c(OC)c1. The molecule has 1 aliphatic rings. The Morgan fingerprint density at radius 3 is 2.24 bits per heavy atom. The van der Waals surface area contributed by atoms with Gasteiger partial charge in [0.05, 0.1) is 25.6 Å². The molecule has 168 valence electrons. The van der Waals surface area contributed by atoms with Crippen LogP contribution in [0.4, 0.5) is 15.8 Å². The standard InChI is InChI=1S/C24H18ClFN2O4S/c1-31-17-9-12-19(20(13-17)32-2)27-21-22(33-18-10-3-14(25)4-11-18)24(30)28(23(21)29)16-7-5-15(26)6-8-16/h3-13,27H,1-2H3. The van der Waals surface area contributed by atoms with Crippen molar-refractivity contribution in [3.8, 4) is 11.5 Å². The molecule has 1 aliphatic heterocycles. The van der Waals surface area contributed by atoms with Gasteiger partial charge in [-0.3, -0.25) is 9.59 Å². The van der Waals surface area contributed by atoms with Crippen LogP contribution in [0.3, 0.4) is 0 Å². The Kier molecular flexibility index (Phi) is 6.57. The lowest BCUT2D eigenvalue weighted by Gasteiger charge is -2.16. The fraction of sp³-hybridized carbons (Fsp3) is 0.0833. The first-order valence-corrected chi connectivity index (χ1v) is 10.9. The first kappa shape index (κ1) is 22.7. The monoisotopic (exact) mass is 484 g/mol. The Labute approximate surface area is 198 Å². The zero-order valence-electron chi connectivity index (χ0n) is 17.6. The van der Waals surface area contributed by atoms with Crippen molar-refractivity contribution in [1.29, 1.82) is 0 Å². The Bertz CT molecular complexity index is 1250. The quantitative estimate of drug-likeness (QED) is 0.447. The third-order valence-electron chi connectivity index (χ3n) is 4.83. The summed E-state index contributed by atoms with van der Waals surface area (Å²) in [6, 6.07) is 17.1. The average Bonchev–Trinajstić information content (AvgIpc) is 3.05. The van der Waals surface area contributed by atoms with E-state index in [9.17, 15) is 14.0 Å². The van der Waals surface area contributed by atoms with Crippen LogP contribution in [0.1, 0.15) is 0 Å². The van der Waals surface area contributed by atoms with Gasteiger partial charge in [-0.05, 0) is 60.7 Å². The molecule has 0 atom stereocenters. The van der Waals surface area contributed by atoms with Gasteiger partial charge in [0.2, 0.25) is 0 Å². The average molecular weight is 485 g/mol. The van der Waals surface area contributed by atoms with E-state index < -0.39 is 17.6 Å². The van der Waals surface area contributed by atoms with Crippen LogP contribution in [0.2, 0.25) is 5.02 Å². The van der Waals surface area contributed by atoms with Crippen molar-refractivity contribution in [3.63, 3.8) is 0 Å². The number of amides is 2. The summed E-state index contributed by atoms with van der Waals surface area (Å²) in [7, 11) is 3.02. The summed E-state index contributed by atoms with van der Waals surface area (Å²) < 4.78 is 24.1. The lowest BCUT2D eigenvalue weighted by Crippen LogP contribution is -2.32. The molecule has 6 nitrogen and oxygen atoms in total. The second-order valence-electron chi connectivity index (χ2n) is 6.87. The van der Waals surface area contributed by atoms with E-state index in [-0.39, 0.29) is 16.3 Å². The summed E-state index contributed by atoms with van der Waals surface area (Å²) in [5, 5.41) is 3.60. The molecule has 4 rings (SSSR count). The van der Waals surface area contributed by atoms with Gasteiger partial charge in [0.1, 0.15) is 27.9 Å². The molecular formula is C24H18ClFN2O4S. The van der Waals surface area contributed by atoms with Crippen molar-refractivity contribution in [1.82, 2.24) is 0 Å². The summed E-state index contributed by atoms with van der Waals surface area (Å²) in [6.45, 7) is 0. The van der Waals surface area contributed by atoms with Crippen molar-refractivity contribution >= 4 is 46.6 Å². The maximum atomic E-state index is 13.4. The number of thioether (sulfide) groups is 1. The van der Waals surface area contributed by atoms with E-state index in [1.165, 1.54) is 38.5 Å². The van der Waals surface area contributed by atoms with Gasteiger partial charge in [0.15, 0.2) is 0 Å². The maximum Gasteiger partial charge on any atom is 0.283 e. The van der Waals surface area contributed by atoms with Gasteiger partial charge in [-0.25, -0.2) is 9.29 Å². The molecular weight excluding hydrogens is 467 g/mol. The van der Waals surface area contributed by atoms with E-state index in [0.717, 1.165) is 21.6 Å². The highest BCUT2D eigenvalue weighted by Crippen LogP contribution is 2.39. The molecule has 0 radical (unpaired) electrons. The van der Waals surface area contributed by atoms with Crippen LogP contribution < -0.4 is 19.7 Å². The van der Waals surface area contributed by atoms with Crippen molar-refractivity contribution in [2.24, 2.45) is 0 Å². The van der Waals surface area contributed by atoms with Gasteiger partial charge in [0.25, 0.3) is 11.8 Å². The zero-order valence-corrected chi connectivity index (χ0v) is 19.2. The van der Waals surface area contributed by atoms with Crippen LogP contribution in [0.5, 0.6) is 11.5 Å². The molecule has 1 N–H and O–H groups in total. The number of anilines is 2. The van der Waals surface area contributed by atoms with Crippen LogP contribution in [0.15, 0.2) is 82.2 Å². The second kappa shape index (κ2) is 9.56. The number of nitrogens with one attached hydrogen (secondary N) is 1. The fourth-order valence-electron chi connectivity index (χ4n) is 3.20. The second-order valence-corrected chi connectivity index (χ2v) is 8.39. The third kappa shape index (κ3) is 4.67. The van der Waals surface area contributed by atoms with Gasteiger partial charge in [-0.2, -0.15) is 0 Å². The van der Waals surface area contributed by atoms with Crippen molar-refractivity contribution in [2.45, 2.75) is 4.90 Å². The molecule has 0 saturated carbocycles. The lowest BCUT2D eigenvalue weighted by atomic mass is 10.2. The minimum Gasteiger partial charge on any atom is -0.497 e. The summed E-state index contributed by atoms with van der Waals surface area (Å²) in [5.41, 5.74) is 0.816. The fourth-order valence-corrected chi connectivity index (χ4v) is 4.25. The van der Waals surface area contributed by atoms with E-state index in [1.807, 2.05) is 0 Å².